The van der Waals surface area contributed by atoms with Crippen LogP contribution in [0.2, 0.25) is 0 Å². The summed E-state index contributed by atoms with van der Waals surface area (Å²) in [6.07, 6.45) is 4.92. The summed E-state index contributed by atoms with van der Waals surface area (Å²) in [5.74, 6) is 0.233. The lowest BCUT2D eigenvalue weighted by Gasteiger charge is -2.30. The van der Waals surface area contributed by atoms with Gasteiger partial charge in [0.15, 0.2) is 0 Å². The standard InChI is InChI=1S/C16H23NO/c1-13(2)15(18)17-12-16(10-6-7-11-16)14-8-4-3-5-9-14/h3-5,8-9,13H,6-7,10-12H2,1-2H3,(H,17,18). The van der Waals surface area contributed by atoms with Crippen LogP contribution in [0.4, 0.5) is 0 Å². The maximum absolute atomic E-state index is 11.8. The second-order valence-corrected chi connectivity index (χ2v) is 5.73. The molecule has 0 saturated heterocycles. The van der Waals surface area contributed by atoms with Gasteiger partial charge in [-0.05, 0) is 18.4 Å². The molecule has 0 radical (unpaired) electrons. The van der Waals surface area contributed by atoms with Gasteiger partial charge in [0.2, 0.25) is 5.91 Å². The zero-order valence-electron chi connectivity index (χ0n) is 11.4. The van der Waals surface area contributed by atoms with Gasteiger partial charge in [0.05, 0.1) is 0 Å². The Hall–Kier alpha value is -1.31. The van der Waals surface area contributed by atoms with Gasteiger partial charge in [-0.25, -0.2) is 0 Å². The van der Waals surface area contributed by atoms with Crippen LogP contribution < -0.4 is 5.32 Å². The molecule has 0 spiro atoms. The Morgan fingerprint density at radius 2 is 1.83 bits per heavy atom. The predicted molar refractivity (Wildman–Crippen MR) is 74.4 cm³/mol. The van der Waals surface area contributed by atoms with Gasteiger partial charge in [-0.2, -0.15) is 0 Å². The highest BCUT2D eigenvalue weighted by Crippen LogP contribution is 2.40. The first-order valence-electron chi connectivity index (χ1n) is 6.97. The van der Waals surface area contributed by atoms with Crippen LogP contribution in [-0.2, 0) is 10.2 Å². The molecule has 0 aliphatic heterocycles. The largest absolute Gasteiger partial charge is 0.355 e. The van der Waals surface area contributed by atoms with E-state index in [1.807, 2.05) is 13.8 Å². The summed E-state index contributed by atoms with van der Waals surface area (Å²) < 4.78 is 0. The van der Waals surface area contributed by atoms with Gasteiger partial charge in [-0.3, -0.25) is 4.79 Å². The first-order valence-corrected chi connectivity index (χ1v) is 6.97. The Labute approximate surface area is 110 Å². The van der Waals surface area contributed by atoms with Crippen molar-refractivity contribution in [3.8, 4) is 0 Å². The third kappa shape index (κ3) is 2.74. The van der Waals surface area contributed by atoms with Crippen LogP contribution in [0.15, 0.2) is 30.3 Å². The first kappa shape index (κ1) is 13.1. The molecule has 0 bridgehead atoms. The van der Waals surface area contributed by atoms with Crippen molar-refractivity contribution in [3.05, 3.63) is 35.9 Å². The minimum atomic E-state index is 0.0687. The Kier molecular flexibility index (Phi) is 4.05. The number of nitrogens with one attached hydrogen (secondary N) is 1. The van der Waals surface area contributed by atoms with Crippen LogP contribution in [0.1, 0.15) is 45.1 Å². The smallest absolute Gasteiger partial charge is 0.222 e. The molecule has 0 aromatic heterocycles. The lowest BCUT2D eigenvalue weighted by atomic mass is 9.79. The van der Waals surface area contributed by atoms with E-state index in [0.717, 1.165) is 6.54 Å². The maximum atomic E-state index is 11.8. The normalized spacial score (nSPS) is 17.9. The topological polar surface area (TPSA) is 29.1 Å². The van der Waals surface area contributed by atoms with Crippen LogP contribution in [0.3, 0.4) is 0 Å². The molecule has 1 aromatic carbocycles. The molecule has 0 atom stereocenters. The molecule has 1 aromatic rings. The number of rotatable bonds is 4. The van der Waals surface area contributed by atoms with Crippen molar-refractivity contribution < 1.29 is 4.79 Å². The summed E-state index contributed by atoms with van der Waals surface area (Å²) in [5, 5.41) is 3.12. The molecule has 98 valence electrons. The van der Waals surface area contributed by atoms with Crippen molar-refractivity contribution in [3.63, 3.8) is 0 Å². The van der Waals surface area contributed by atoms with E-state index in [-0.39, 0.29) is 17.2 Å². The molecule has 1 aliphatic carbocycles. The Balaban J connectivity index is 2.11. The van der Waals surface area contributed by atoms with E-state index in [9.17, 15) is 4.79 Å². The number of benzene rings is 1. The van der Waals surface area contributed by atoms with Crippen LogP contribution in [-0.4, -0.2) is 12.5 Å². The Morgan fingerprint density at radius 1 is 1.22 bits per heavy atom. The molecule has 0 unspecified atom stereocenters. The van der Waals surface area contributed by atoms with Crippen molar-refractivity contribution >= 4 is 5.91 Å². The summed E-state index contributed by atoms with van der Waals surface area (Å²) in [6.45, 7) is 4.67. The second kappa shape index (κ2) is 5.55. The monoisotopic (exact) mass is 245 g/mol. The molecule has 1 aliphatic rings. The first-order chi connectivity index (χ1) is 8.64. The summed E-state index contributed by atoms with van der Waals surface area (Å²) in [4.78, 5) is 11.8. The lowest BCUT2D eigenvalue weighted by molar-refractivity contribution is -0.124. The third-order valence-electron chi connectivity index (χ3n) is 4.07. The van der Waals surface area contributed by atoms with Crippen molar-refractivity contribution in [2.24, 2.45) is 5.92 Å². The molecule has 0 heterocycles. The molecule has 2 nitrogen and oxygen atoms in total. The van der Waals surface area contributed by atoms with E-state index in [0.29, 0.717) is 0 Å². The molecule has 2 heteroatoms. The highest BCUT2D eigenvalue weighted by molar-refractivity contribution is 5.77. The van der Waals surface area contributed by atoms with Crippen LogP contribution in [0.5, 0.6) is 0 Å². The highest BCUT2D eigenvalue weighted by Gasteiger charge is 2.35. The fraction of sp³-hybridized carbons (Fsp3) is 0.562. The van der Waals surface area contributed by atoms with E-state index >= 15 is 0 Å². The summed E-state index contributed by atoms with van der Waals surface area (Å²) in [5.41, 5.74) is 1.55. The van der Waals surface area contributed by atoms with E-state index in [4.69, 9.17) is 0 Å². The fourth-order valence-electron chi connectivity index (χ4n) is 2.87. The van der Waals surface area contributed by atoms with Gasteiger partial charge in [0, 0.05) is 17.9 Å². The lowest BCUT2D eigenvalue weighted by Crippen LogP contribution is -2.40. The number of hydrogen-bond acceptors (Lipinski definition) is 1. The number of carbonyl (C=O) groups is 1. The quantitative estimate of drug-likeness (QED) is 0.866. The second-order valence-electron chi connectivity index (χ2n) is 5.73. The summed E-state index contributed by atoms with van der Waals surface area (Å²) in [6, 6.07) is 10.7. The summed E-state index contributed by atoms with van der Waals surface area (Å²) in [7, 11) is 0. The van der Waals surface area contributed by atoms with Crippen LogP contribution >= 0.6 is 0 Å². The van der Waals surface area contributed by atoms with Gasteiger partial charge in [0.1, 0.15) is 0 Å². The van der Waals surface area contributed by atoms with Crippen LogP contribution in [0.25, 0.3) is 0 Å². The molecular formula is C16H23NO. The summed E-state index contributed by atoms with van der Waals surface area (Å²) >= 11 is 0. The highest BCUT2D eigenvalue weighted by atomic mass is 16.1. The maximum Gasteiger partial charge on any atom is 0.222 e. The molecular weight excluding hydrogens is 222 g/mol. The molecule has 1 fully saturated rings. The number of hydrogen-bond donors (Lipinski definition) is 1. The average Bonchev–Trinajstić information content (AvgIpc) is 2.87. The van der Waals surface area contributed by atoms with E-state index in [2.05, 4.69) is 35.6 Å². The van der Waals surface area contributed by atoms with Crippen molar-refractivity contribution in [1.29, 1.82) is 0 Å². The average molecular weight is 245 g/mol. The van der Waals surface area contributed by atoms with E-state index < -0.39 is 0 Å². The van der Waals surface area contributed by atoms with Crippen molar-refractivity contribution in [1.82, 2.24) is 5.32 Å². The molecule has 1 N–H and O–H groups in total. The SMILES string of the molecule is CC(C)C(=O)NCC1(c2ccccc2)CCCC1. The van der Waals surface area contributed by atoms with E-state index in [1.165, 1.54) is 31.2 Å². The van der Waals surface area contributed by atoms with E-state index in [1.54, 1.807) is 0 Å². The molecule has 1 amide bonds. The van der Waals surface area contributed by atoms with Gasteiger partial charge >= 0.3 is 0 Å². The van der Waals surface area contributed by atoms with Crippen molar-refractivity contribution in [2.75, 3.05) is 6.54 Å². The molecule has 2 rings (SSSR count). The Morgan fingerprint density at radius 3 is 2.39 bits per heavy atom. The zero-order valence-corrected chi connectivity index (χ0v) is 11.4. The predicted octanol–water partition coefficient (Wildman–Crippen LogP) is 3.27. The molecule has 1 saturated carbocycles. The number of carbonyl (C=O) groups excluding carboxylic acids is 1. The zero-order chi connectivity index (χ0) is 13.0. The molecule has 18 heavy (non-hydrogen) atoms. The minimum absolute atomic E-state index is 0.0687. The number of amides is 1. The van der Waals surface area contributed by atoms with Crippen molar-refractivity contribution in [2.45, 2.75) is 44.9 Å². The third-order valence-corrected chi connectivity index (χ3v) is 4.07. The Bertz CT molecular complexity index is 391. The van der Waals surface area contributed by atoms with Gasteiger partial charge < -0.3 is 5.32 Å². The van der Waals surface area contributed by atoms with Gasteiger partial charge in [-0.15, -0.1) is 0 Å². The van der Waals surface area contributed by atoms with Gasteiger partial charge in [-0.1, -0.05) is 57.0 Å². The van der Waals surface area contributed by atoms with Crippen LogP contribution in [0, 0.1) is 5.92 Å². The fourth-order valence-corrected chi connectivity index (χ4v) is 2.87. The minimum Gasteiger partial charge on any atom is -0.355 e. The van der Waals surface area contributed by atoms with Gasteiger partial charge in [0.25, 0.3) is 0 Å².